The summed E-state index contributed by atoms with van der Waals surface area (Å²) in [5, 5.41) is 5.85. The molecule has 3 nitrogen and oxygen atoms in total. The Labute approximate surface area is 139 Å². The lowest BCUT2D eigenvalue weighted by molar-refractivity contribution is 0.0977. The molecule has 0 bridgehead atoms. The first-order chi connectivity index (χ1) is 9.54. The molecule has 0 spiro atoms. The molecule has 0 atom stereocenters. The van der Waals surface area contributed by atoms with E-state index in [1.807, 2.05) is 30.3 Å². The van der Waals surface area contributed by atoms with Gasteiger partial charge in [0.2, 0.25) is 0 Å². The van der Waals surface area contributed by atoms with Crippen molar-refractivity contribution in [2.75, 3.05) is 5.32 Å². The first kappa shape index (κ1) is 15.2. The highest BCUT2D eigenvalue weighted by atomic mass is 79.9. The van der Waals surface area contributed by atoms with Crippen LogP contribution in [0.1, 0.15) is 10.4 Å². The van der Waals surface area contributed by atoms with Crippen LogP contribution >= 0.6 is 44.1 Å². The summed E-state index contributed by atoms with van der Waals surface area (Å²) in [6.07, 6.45) is 0. The van der Waals surface area contributed by atoms with Gasteiger partial charge in [0.1, 0.15) is 0 Å². The summed E-state index contributed by atoms with van der Waals surface area (Å²) in [6, 6.07) is 14.6. The molecule has 6 heteroatoms. The van der Waals surface area contributed by atoms with Crippen molar-refractivity contribution in [3.05, 3.63) is 63.0 Å². The molecule has 0 unspecified atom stereocenters. The largest absolute Gasteiger partial charge is 0.332 e. The third-order valence-electron chi connectivity index (χ3n) is 2.40. The van der Waals surface area contributed by atoms with Crippen LogP contribution in [0.15, 0.2) is 57.5 Å². The fraction of sp³-hybridized carbons (Fsp3) is 0. The minimum atomic E-state index is -0.251. The Balaban J connectivity index is 1.99. The first-order valence-corrected chi connectivity index (χ1v) is 7.67. The number of carbonyl (C=O) groups excluding carboxylic acids is 1. The molecule has 0 saturated carbocycles. The number of carbonyl (C=O) groups is 1. The van der Waals surface area contributed by atoms with Gasteiger partial charge in [0.05, 0.1) is 0 Å². The van der Waals surface area contributed by atoms with Crippen molar-refractivity contribution in [3.8, 4) is 0 Å². The number of anilines is 1. The molecular formula is C14H10Br2N2OS. The lowest BCUT2D eigenvalue weighted by Gasteiger charge is -2.10. The number of amides is 1. The van der Waals surface area contributed by atoms with Crippen molar-refractivity contribution in [1.29, 1.82) is 0 Å². The molecule has 2 N–H and O–H groups in total. The lowest BCUT2D eigenvalue weighted by atomic mass is 10.2. The summed E-state index contributed by atoms with van der Waals surface area (Å²) >= 11 is 11.8. The minimum absolute atomic E-state index is 0.251. The quantitative estimate of drug-likeness (QED) is 0.719. The number of halogens is 2. The number of rotatable bonds is 2. The van der Waals surface area contributed by atoms with Crippen LogP contribution in [0.3, 0.4) is 0 Å². The predicted octanol–water partition coefficient (Wildman–Crippen LogP) is 4.34. The third kappa shape index (κ3) is 4.40. The van der Waals surface area contributed by atoms with Gasteiger partial charge in [-0.1, -0.05) is 44.0 Å². The molecule has 0 radical (unpaired) electrons. The maximum Gasteiger partial charge on any atom is 0.257 e. The van der Waals surface area contributed by atoms with Crippen LogP contribution in [0.5, 0.6) is 0 Å². The fourth-order valence-electron chi connectivity index (χ4n) is 1.53. The van der Waals surface area contributed by atoms with Gasteiger partial charge in [-0.15, -0.1) is 0 Å². The number of thiocarbonyl (C=S) groups is 1. The highest BCUT2D eigenvalue weighted by molar-refractivity contribution is 9.10. The van der Waals surface area contributed by atoms with Gasteiger partial charge < -0.3 is 5.32 Å². The summed E-state index contributed by atoms with van der Waals surface area (Å²) in [6.45, 7) is 0. The van der Waals surface area contributed by atoms with E-state index in [-0.39, 0.29) is 11.0 Å². The smallest absolute Gasteiger partial charge is 0.257 e. The molecule has 2 rings (SSSR count). The second kappa shape index (κ2) is 6.97. The van der Waals surface area contributed by atoms with Crippen LogP contribution in [0, 0.1) is 0 Å². The molecule has 0 saturated heterocycles. The van der Waals surface area contributed by atoms with Crippen molar-refractivity contribution in [1.82, 2.24) is 5.32 Å². The van der Waals surface area contributed by atoms with Crippen LogP contribution in [0.25, 0.3) is 0 Å². The molecule has 0 aliphatic rings. The van der Waals surface area contributed by atoms with E-state index < -0.39 is 0 Å². The van der Waals surface area contributed by atoms with E-state index in [9.17, 15) is 4.79 Å². The van der Waals surface area contributed by atoms with Crippen LogP contribution in [0.2, 0.25) is 0 Å². The van der Waals surface area contributed by atoms with Crippen molar-refractivity contribution in [2.45, 2.75) is 0 Å². The maximum atomic E-state index is 12.0. The van der Waals surface area contributed by atoms with E-state index in [4.69, 9.17) is 12.2 Å². The Kier molecular flexibility index (Phi) is 5.28. The standard InChI is InChI=1S/C14H10Br2N2OS/c15-10-4-1-3-9(7-10)13(19)18-14(20)17-12-6-2-5-11(16)8-12/h1-8H,(H2,17,18,19,20). The Bertz CT molecular complexity index is 661. The van der Waals surface area contributed by atoms with Crippen LogP contribution < -0.4 is 10.6 Å². The molecule has 0 aliphatic carbocycles. The number of hydrogen-bond acceptors (Lipinski definition) is 2. The predicted molar refractivity (Wildman–Crippen MR) is 92.0 cm³/mol. The lowest BCUT2D eigenvalue weighted by Crippen LogP contribution is -2.34. The summed E-state index contributed by atoms with van der Waals surface area (Å²) in [5.74, 6) is -0.251. The molecule has 102 valence electrons. The maximum absolute atomic E-state index is 12.0. The SMILES string of the molecule is O=C(NC(=S)Nc1cccc(Br)c1)c1cccc(Br)c1. The molecular weight excluding hydrogens is 404 g/mol. The van der Waals surface area contributed by atoms with Gasteiger partial charge in [-0.2, -0.15) is 0 Å². The zero-order valence-corrected chi connectivity index (χ0v) is 14.2. The fourth-order valence-corrected chi connectivity index (χ4v) is 2.54. The zero-order chi connectivity index (χ0) is 14.5. The number of nitrogens with one attached hydrogen (secondary N) is 2. The molecule has 20 heavy (non-hydrogen) atoms. The Morgan fingerprint density at radius 2 is 1.65 bits per heavy atom. The van der Waals surface area contributed by atoms with Gasteiger partial charge in [-0.3, -0.25) is 10.1 Å². The Morgan fingerprint density at radius 3 is 2.30 bits per heavy atom. The van der Waals surface area contributed by atoms with E-state index in [2.05, 4.69) is 42.5 Å². The van der Waals surface area contributed by atoms with Crippen molar-refractivity contribution < 1.29 is 4.79 Å². The highest BCUT2D eigenvalue weighted by Crippen LogP contribution is 2.15. The van der Waals surface area contributed by atoms with Gasteiger partial charge in [-0.25, -0.2) is 0 Å². The van der Waals surface area contributed by atoms with Gasteiger partial charge >= 0.3 is 0 Å². The van der Waals surface area contributed by atoms with Crippen molar-refractivity contribution >= 4 is 60.8 Å². The van der Waals surface area contributed by atoms with Crippen molar-refractivity contribution in [3.63, 3.8) is 0 Å². The van der Waals surface area contributed by atoms with E-state index >= 15 is 0 Å². The molecule has 0 aromatic heterocycles. The van der Waals surface area contributed by atoms with E-state index in [1.165, 1.54) is 0 Å². The number of hydrogen-bond donors (Lipinski definition) is 2. The van der Waals surface area contributed by atoms with Gasteiger partial charge in [0.15, 0.2) is 5.11 Å². The second-order valence-electron chi connectivity index (χ2n) is 3.93. The molecule has 2 aromatic carbocycles. The van der Waals surface area contributed by atoms with Gasteiger partial charge in [-0.05, 0) is 48.6 Å². The molecule has 0 fully saturated rings. The van der Waals surface area contributed by atoms with E-state index in [1.54, 1.807) is 18.2 Å². The number of benzene rings is 2. The van der Waals surface area contributed by atoms with Gasteiger partial charge in [0.25, 0.3) is 5.91 Å². The van der Waals surface area contributed by atoms with E-state index in [0.29, 0.717) is 5.56 Å². The van der Waals surface area contributed by atoms with Crippen molar-refractivity contribution in [2.24, 2.45) is 0 Å². The van der Waals surface area contributed by atoms with E-state index in [0.717, 1.165) is 14.6 Å². The Hall–Kier alpha value is -1.24. The monoisotopic (exact) mass is 412 g/mol. The highest BCUT2D eigenvalue weighted by Gasteiger charge is 2.08. The normalized spacial score (nSPS) is 9.90. The molecule has 0 aliphatic heterocycles. The van der Waals surface area contributed by atoms with Crippen LogP contribution in [-0.4, -0.2) is 11.0 Å². The first-order valence-electron chi connectivity index (χ1n) is 5.68. The summed E-state index contributed by atoms with van der Waals surface area (Å²) in [5.41, 5.74) is 1.34. The molecule has 2 aromatic rings. The molecule has 1 amide bonds. The van der Waals surface area contributed by atoms with Crippen LogP contribution in [-0.2, 0) is 0 Å². The topological polar surface area (TPSA) is 41.1 Å². The zero-order valence-electron chi connectivity index (χ0n) is 10.2. The summed E-state index contributed by atoms with van der Waals surface area (Å²) < 4.78 is 1.78. The Morgan fingerprint density at radius 1 is 1.00 bits per heavy atom. The average molecular weight is 414 g/mol. The second-order valence-corrected chi connectivity index (χ2v) is 6.17. The summed E-state index contributed by atoms with van der Waals surface area (Å²) in [7, 11) is 0. The summed E-state index contributed by atoms with van der Waals surface area (Å²) in [4.78, 5) is 12.0. The van der Waals surface area contributed by atoms with Gasteiger partial charge in [0, 0.05) is 20.2 Å². The third-order valence-corrected chi connectivity index (χ3v) is 3.59. The minimum Gasteiger partial charge on any atom is -0.332 e. The average Bonchev–Trinajstić information content (AvgIpc) is 2.38. The van der Waals surface area contributed by atoms with Crippen LogP contribution in [0.4, 0.5) is 5.69 Å². The molecule has 0 heterocycles.